The predicted molar refractivity (Wildman–Crippen MR) is 131 cm³/mol. The Morgan fingerprint density at radius 2 is 1.75 bits per heavy atom. The second-order valence-electron chi connectivity index (χ2n) is 7.51. The highest BCUT2D eigenvalue weighted by Gasteiger charge is 2.12. The highest BCUT2D eigenvalue weighted by molar-refractivity contribution is 14.1. The maximum atomic E-state index is 6.12. The lowest BCUT2D eigenvalue weighted by Crippen LogP contribution is -2.32. The van der Waals surface area contributed by atoms with Gasteiger partial charge in [-0.05, 0) is 109 Å². The summed E-state index contributed by atoms with van der Waals surface area (Å²) in [4.78, 5) is 2.53. The summed E-state index contributed by atoms with van der Waals surface area (Å²) in [5.41, 5.74) is 5.19. The molecule has 0 bridgehead atoms. The number of nitrogens with zero attached hydrogens (tertiary/aromatic N) is 1. The van der Waals surface area contributed by atoms with Crippen LogP contribution in [0.1, 0.15) is 30.4 Å². The Labute approximate surface area is 188 Å². The lowest BCUT2D eigenvalue weighted by Gasteiger charge is -2.26. The third kappa shape index (κ3) is 6.75. The average Bonchev–Trinajstić information content (AvgIpc) is 2.73. The van der Waals surface area contributed by atoms with Gasteiger partial charge in [-0.15, -0.1) is 0 Å². The third-order valence-corrected chi connectivity index (χ3v) is 6.98. The molecule has 1 fully saturated rings. The summed E-state index contributed by atoms with van der Waals surface area (Å²) >= 11 is 4.17. The SMILES string of the molecule is [CH2]C(Cc1ccc(-c2ccc(I)cc2)cc1COCCN1CCCCC1)SC. The number of hydrogen-bond acceptors (Lipinski definition) is 3. The maximum absolute atomic E-state index is 6.12. The molecule has 1 heterocycles. The van der Waals surface area contributed by atoms with E-state index in [1.165, 1.54) is 58.2 Å². The van der Waals surface area contributed by atoms with Gasteiger partial charge >= 0.3 is 0 Å². The van der Waals surface area contributed by atoms with Gasteiger partial charge in [0.15, 0.2) is 0 Å². The molecule has 4 heteroatoms. The van der Waals surface area contributed by atoms with Crippen LogP contribution in [0.2, 0.25) is 0 Å². The number of likely N-dealkylation sites (tertiary alicyclic amines) is 1. The van der Waals surface area contributed by atoms with Crippen LogP contribution < -0.4 is 0 Å². The number of hydrogen-bond donors (Lipinski definition) is 0. The summed E-state index contributed by atoms with van der Waals surface area (Å²) < 4.78 is 7.38. The van der Waals surface area contributed by atoms with Gasteiger partial charge in [0.1, 0.15) is 0 Å². The van der Waals surface area contributed by atoms with Crippen molar-refractivity contribution in [3.8, 4) is 11.1 Å². The highest BCUT2D eigenvalue weighted by atomic mass is 127. The number of piperidine rings is 1. The molecule has 151 valence electrons. The fourth-order valence-corrected chi connectivity index (χ4v) is 4.37. The molecule has 1 unspecified atom stereocenters. The Morgan fingerprint density at radius 1 is 1.04 bits per heavy atom. The van der Waals surface area contributed by atoms with E-state index in [2.05, 4.69) is 83.1 Å². The molecular formula is C24H31INOS. The van der Waals surface area contributed by atoms with E-state index < -0.39 is 0 Å². The van der Waals surface area contributed by atoms with Crippen LogP contribution >= 0.6 is 34.4 Å². The Kier molecular flexibility index (Phi) is 9.15. The topological polar surface area (TPSA) is 12.5 Å². The maximum Gasteiger partial charge on any atom is 0.0720 e. The number of halogens is 1. The van der Waals surface area contributed by atoms with Crippen molar-refractivity contribution in [2.24, 2.45) is 0 Å². The van der Waals surface area contributed by atoms with Crippen LogP contribution in [0, 0.1) is 10.5 Å². The Morgan fingerprint density at radius 3 is 2.46 bits per heavy atom. The molecule has 0 aliphatic carbocycles. The van der Waals surface area contributed by atoms with Crippen LogP contribution in [0.5, 0.6) is 0 Å². The van der Waals surface area contributed by atoms with Crippen LogP contribution in [-0.4, -0.2) is 42.6 Å². The molecule has 1 aliphatic heterocycles. The van der Waals surface area contributed by atoms with Crippen molar-refractivity contribution in [2.45, 2.75) is 37.5 Å². The average molecular weight is 508 g/mol. The van der Waals surface area contributed by atoms with Gasteiger partial charge in [-0.3, -0.25) is 0 Å². The van der Waals surface area contributed by atoms with Crippen LogP contribution in [0.15, 0.2) is 42.5 Å². The monoisotopic (exact) mass is 508 g/mol. The fraction of sp³-hybridized carbons (Fsp3) is 0.458. The van der Waals surface area contributed by atoms with Crippen molar-refractivity contribution in [3.63, 3.8) is 0 Å². The van der Waals surface area contributed by atoms with E-state index in [4.69, 9.17) is 4.74 Å². The van der Waals surface area contributed by atoms with Crippen molar-refractivity contribution in [1.82, 2.24) is 4.90 Å². The van der Waals surface area contributed by atoms with Gasteiger partial charge in [0.05, 0.1) is 13.2 Å². The summed E-state index contributed by atoms with van der Waals surface area (Å²) in [5.74, 6) is 0. The second-order valence-corrected chi connectivity index (χ2v) is 9.89. The summed E-state index contributed by atoms with van der Waals surface area (Å²) in [6.45, 7) is 9.26. The minimum Gasteiger partial charge on any atom is -0.375 e. The van der Waals surface area contributed by atoms with E-state index in [0.29, 0.717) is 11.9 Å². The highest BCUT2D eigenvalue weighted by Crippen LogP contribution is 2.26. The van der Waals surface area contributed by atoms with Crippen LogP contribution in [0.3, 0.4) is 0 Å². The molecule has 28 heavy (non-hydrogen) atoms. The number of ether oxygens (including phenoxy) is 1. The first-order valence-corrected chi connectivity index (χ1v) is 12.6. The third-order valence-electron chi connectivity index (χ3n) is 5.42. The molecule has 1 radical (unpaired) electrons. The summed E-state index contributed by atoms with van der Waals surface area (Å²) in [7, 11) is 0. The zero-order valence-corrected chi connectivity index (χ0v) is 19.8. The lowest BCUT2D eigenvalue weighted by atomic mass is 9.97. The van der Waals surface area contributed by atoms with E-state index in [9.17, 15) is 0 Å². The minimum absolute atomic E-state index is 0.372. The van der Waals surface area contributed by atoms with E-state index >= 15 is 0 Å². The molecule has 0 N–H and O–H groups in total. The van der Waals surface area contributed by atoms with Crippen molar-refractivity contribution in [3.05, 3.63) is 64.1 Å². The van der Waals surface area contributed by atoms with Gasteiger partial charge in [-0.1, -0.05) is 30.7 Å². The molecular weight excluding hydrogens is 477 g/mol. The van der Waals surface area contributed by atoms with E-state index in [1.54, 1.807) is 0 Å². The van der Waals surface area contributed by atoms with Crippen LogP contribution in [0.4, 0.5) is 0 Å². The van der Waals surface area contributed by atoms with Crippen LogP contribution in [-0.2, 0) is 17.8 Å². The van der Waals surface area contributed by atoms with Gasteiger partial charge in [0.25, 0.3) is 0 Å². The quantitative estimate of drug-likeness (QED) is 0.302. The molecule has 3 rings (SSSR count). The normalized spacial score (nSPS) is 16.2. The van der Waals surface area contributed by atoms with Gasteiger partial charge in [-0.25, -0.2) is 0 Å². The Bertz CT molecular complexity index is 728. The first-order chi connectivity index (χ1) is 13.7. The molecule has 0 aromatic heterocycles. The molecule has 0 spiro atoms. The molecule has 2 aromatic carbocycles. The molecule has 2 aromatic rings. The van der Waals surface area contributed by atoms with Crippen molar-refractivity contribution in [2.75, 3.05) is 32.5 Å². The zero-order valence-electron chi connectivity index (χ0n) is 16.8. The fourth-order valence-electron chi connectivity index (χ4n) is 3.67. The molecule has 1 saturated heterocycles. The smallest absolute Gasteiger partial charge is 0.0720 e. The standard InChI is InChI=1S/C24H31INOS/c1-19(28-2)16-21-6-7-22(20-8-10-24(25)11-9-20)17-23(21)18-27-15-14-26-12-4-3-5-13-26/h6-11,17,19H,1,3-5,12-16,18H2,2H3. The zero-order chi connectivity index (χ0) is 19.8. The van der Waals surface area contributed by atoms with Gasteiger partial charge in [0, 0.05) is 15.4 Å². The summed E-state index contributed by atoms with van der Waals surface area (Å²) in [6, 6.07) is 15.5. The molecule has 0 amide bonds. The van der Waals surface area contributed by atoms with Crippen LogP contribution in [0.25, 0.3) is 11.1 Å². The number of benzene rings is 2. The Hall–Kier alpha value is -0.560. The van der Waals surface area contributed by atoms with Gasteiger partial charge in [0.2, 0.25) is 0 Å². The number of thioether (sulfide) groups is 1. The van der Waals surface area contributed by atoms with E-state index in [0.717, 1.165) is 19.6 Å². The minimum atomic E-state index is 0.372. The van der Waals surface area contributed by atoms with Gasteiger partial charge < -0.3 is 9.64 Å². The predicted octanol–water partition coefficient (Wildman–Crippen LogP) is 6.07. The molecule has 1 atom stereocenters. The number of rotatable bonds is 9. The summed E-state index contributed by atoms with van der Waals surface area (Å²) in [6.07, 6.45) is 7.17. The van der Waals surface area contributed by atoms with E-state index in [-0.39, 0.29) is 0 Å². The largest absolute Gasteiger partial charge is 0.375 e. The van der Waals surface area contributed by atoms with E-state index in [1.807, 2.05) is 11.8 Å². The van der Waals surface area contributed by atoms with Gasteiger partial charge in [-0.2, -0.15) is 11.8 Å². The molecule has 0 saturated carbocycles. The second kappa shape index (κ2) is 11.6. The lowest BCUT2D eigenvalue weighted by molar-refractivity contribution is 0.0860. The Balaban J connectivity index is 1.67. The first kappa shape index (κ1) is 22.1. The van der Waals surface area contributed by atoms with Crippen molar-refractivity contribution < 1.29 is 4.74 Å². The van der Waals surface area contributed by atoms with Crippen molar-refractivity contribution >= 4 is 34.4 Å². The van der Waals surface area contributed by atoms with Crippen molar-refractivity contribution in [1.29, 1.82) is 0 Å². The summed E-state index contributed by atoms with van der Waals surface area (Å²) in [5, 5.41) is 0.372. The molecule has 2 nitrogen and oxygen atoms in total. The first-order valence-electron chi connectivity index (χ1n) is 10.2. The molecule has 1 aliphatic rings.